The SMILES string of the molecule is COc1ccc([C@H]2CC(=O)c3cn4nc(SC)nc4nc3C2)cc1OC. The Morgan fingerprint density at radius 1 is 1.15 bits per heavy atom. The normalized spacial score (nSPS) is 16.6. The minimum absolute atomic E-state index is 0.0488. The molecule has 134 valence electrons. The average molecular weight is 370 g/mol. The molecule has 0 radical (unpaired) electrons. The van der Waals surface area contributed by atoms with Crippen molar-refractivity contribution in [1.82, 2.24) is 19.6 Å². The van der Waals surface area contributed by atoms with Crippen LogP contribution >= 0.6 is 11.8 Å². The van der Waals surface area contributed by atoms with E-state index in [0.717, 1.165) is 11.3 Å². The first-order valence-corrected chi connectivity index (χ1v) is 9.40. The molecule has 1 aromatic carbocycles. The van der Waals surface area contributed by atoms with Gasteiger partial charge in [0, 0.05) is 12.6 Å². The fraction of sp³-hybridized carbons (Fsp3) is 0.333. The summed E-state index contributed by atoms with van der Waals surface area (Å²) in [5.41, 5.74) is 2.44. The van der Waals surface area contributed by atoms with Gasteiger partial charge in [-0.15, -0.1) is 5.10 Å². The zero-order chi connectivity index (χ0) is 18.3. The smallest absolute Gasteiger partial charge is 0.253 e. The molecular formula is C18H18N4O3S. The molecule has 8 heteroatoms. The summed E-state index contributed by atoms with van der Waals surface area (Å²) >= 11 is 1.45. The van der Waals surface area contributed by atoms with Gasteiger partial charge in [0.05, 0.1) is 25.5 Å². The molecule has 0 aliphatic heterocycles. The van der Waals surface area contributed by atoms with Gasteiger partial charge in [0.1, 0.15) is 0 Å². The lowest BCUT2D eigenvalue weighted by Gasteiger charge is -2.23. The zero-order valence-electron chi connectivity index (χ0n) is 14.7. The van der Waals surface area contributed by atoms with Gasteiger partial charge in [0.15, 0.2) is 17.3 Å². The summed E-state index contributed by atoms with van der Waals surface area (Å²) in [4.78, 5) is 21.7. The van der Waals surface area contributed by atoms with Gasteiger partial charge in [0.25, 0.3) is 5.78 Å². The first-order chi connectivity index (χ1) is 12.6. The summed E-state index contributed by atoms with van der Waals surface area (Å²) in [6.07, 6.45) is 4.76. The lowest BCUT2D eigenvalue weighted by atomic mass is 9.82. The first kappa shape index (κ1) is 16.8. The molecule has 1 aliphatic carbocycles. The third kappa shape index (κ3) is 2.80. The van der Waals surface area contributed by atoms with Crippen LogP contribution in [0.1, 0.15) is 34.0 Å². The van der Waals surface area contributed by atoms with E-state index in [1.54, 1.807) is 24.9 Å². The van der Waals surface area contributed by atoms with Crippen LogP contribution in [0.3, 0.4) is 0 Å². The second-order valence-corrected chi connectivity index (χ2v) is 6.86. The summed E-state index contributed by atoms with van der Waals surface area (Å²) in [5, 5.41) is 4.96. The summed E-state index contributed by atoms with van der Waals surface area (Å²) in [6, 6.07) is 5.78. The Kier molecular flexibility index (Phi) is 4.28. The van der Waals surface area contributed by atoms with Crippen molar-refractivity contribution in [3.8, 4) is 11.5 Å². The van der Waals surface area contributed by atoms with Crippen LogP contribution in [0, 0.1) is 0 Å². The van der Waals surface area contributed by atoms with Gasteiger partial charge in [-0.3, -0.25) is 4.79 Å². The molecule has 1 atom stereocenters. The van der Waals surface area contributed by atoms with Gasteiger partial charge >= 0.3 is 0 Å². The predicted octanol–water partition coefficient (Wildman–Crippen LogP) is 2.78. The molecule has 2 heterocycles. The molecule has 26 heavy (non-hydrogen) atoms. The Morgan fingerprint density at radius 2 is 1.96 bits per heavy atom. The monoisotopic (exact) mass is 370 g/mol. The van der Waals surface area contributed by atoms with Crippen LogP contribution in [0.2, 0.25) is 0 Å². The molecule has 3 aromatic rings. The molecule has 0 saturated heterocycles. The van der Waals surface area contributed by atoms with Crippen LogP contribution in [0.25, 0.3) is 5.78 Å². The molecule has 0 amide bonds. The van der Waals surface area contributed by atoms with Crippen LogP contribution in [-0.4, -0.2) is 45.8 Å². The van der Waals surface area contributed by atoms with E-state index in [1.165, 1.54) is 11.8 Å². The Bertz CT molecular complexity index is 1000. The summed E-state index contributed by atoms with van der Waals surface area (Å²) in [7, 11) is 3.21. The molecule has 4 rings (SSSR count). The Labute approximate surface area is 154 Å². The Morgan fingerprint density at radius 3 is 2.69 bits per heavy atom. The Hall–Kier alpha value is -2.61. The van der Waals surface area contributed by atoms with Gasteiger partial charge in [-0.1, -0.05) is 17.8 Å². The maximum Gasteiger partial charge on any atom is 0.253 e. The number of rotatable bonds is 4. The standard InChI is InChI=1S/C18H18N4O3S/c1-24-15-5-4-10(8-16(15)25-2)11-6-13-12(14(23)7-11)9-22-17(19-13)20-18(21-22)26-3/h4-5,8-9,11H,6-7H2,1-3H3/t11-/m1/s1. The van der Waals surface area contributed by atoms with Crippen molar-refractivity contribution in [3.05, 3.63) is 41.2 Å². The molecule has 0 bridgehead atoms. The van der Waals surface area contributed by atoms with Crippen molar-refractivity contribution in [1.29, 1.82) is 0 Å². The highest BCUT2D eigenvalue weighted by molar-refractivity contribution is 7.98. The van der Waals surface area contributed by atoms with Gasteiger partial charge in [-0.05, 0) is 36.3 Å². The summed E-state index contributed by atoms with van der Waals surface area (Å²) < 4.78 is 12.3. The van der Waals surface area contributed by atoms with E-state index in [9.17, 15) is 4.79 Å². The third-order valence-corrected chi connectivity index (χ3v) is 5.16. The Balaban J connectivity index is 1.72. The number of benzene rings is 1. The van der Waals surface area contributed by atoms with Crippen LogP contribution in [-0.2, 0) is 6.42 Å². The van der Waals surface area contributed by atoms with Crippen LogP contribution in [0.4, 0.5) is 0 Å². The number of ether oxygens (including phenoxy) is 2. The molecule has 0 fully saturated rings. The number of carbonyl (C=O) groups is 1. The first-order valence-electron chi connectivity index (χ1n) is 8.18. The molecule has 1 aliphatic rings. The van der Waals surface area contributed by atoms with Crippen molar-refractivity contribution in [2.24, 2.45) is 0 Å². The van der Waals surface area contributed by atoms with Crippen molar-refractivity contribution < 1.29 is 14.3 Å². The van der Waals surface area contributed by atoms with Gasteiger partial charge in [-0.2, -0.15) is 4.98 Å². The number of Topliss-reactive ketones (excluding diaryl/α,β-unsaturated/α-hetero) is 1. The third-order valence-electron chi connectivity index (χ3n) is 4.62. The van der Waals surface area contributed by atoms with E-state index in [0.29, 0.717) is 40.8 Å². The molecule has 2 aromatic heterocycles. The van der Waals surface area contributed by atoms with E-state index in [2.05, 4.69) is 15.1 Å². The number of methoxy groups -OCH3 is 2. The number of fused-ring (bicyclic) bond motifs is 2. The number of hydrogen-bond donors (Lipinski definition) is 0. The minimum Gasteiger partial charge on any atom is -0.493 e. The molecule has 0 N–H and O–H groups in total. The minimum atomic E-state index is 0.0488. The van der Waals surface area contributed by atoms with Gasteiger partial charge in [-0.25, -0.2) is 9.50 Å². The van der Waals surface area contributed by atoms with Crippen LogP contribution in [0.15, 0.2) is 29.6 Å². The lowest BCUT2D eigenvalue weighted by molar-refractivity contribution is 0.0962. The maximum atomic E-state index is 12.7. The lowest BCUT2D eigenvalue weighted by Crippen LogP contribution is -2.21. The average Bonchev–Trinajstić information content (AvgIpc) is 3.08. The van der Waals surface area contributed by atoms with E-state index >= 15 is 0 Å². The molecule has 0 spiro atoms. The zero-order valence-corrected chi connectivity index (χ0v) is 15.5. The van der Waals surface area contributed by atoms with Gasteiger partial charge in [0.2, 0.25) is 5.16 Å². The molecular weight excluding hydrogens is 352 g/mol. The largest absolute Gasteiger partial charge is 0.493 e. The second-order valence-electron chi connectivity index (χ2n) is 6.09. The van der Waals surface area contributed by atoms with Crippen LogP contribution in [0.5, 0.6) is 11.5 Å². The highest BCUT2D eigenvalue weighted by atomic mass is 32.2. The molecule has 0 saturated carbocycles. The summed E-state index contributed by atoms with van der Waals surface area (Å²) in [5.74, 6) is 1.98. The highest BCUT2D eigenvalue weighted by Crippen LogP contribution is 2.36. The molecule has 7 nitrogen and oxygen atoms in total. The quantitative estimate of drug-likeness (QED) is 0.653. The van der Waals surface area contributed by atoms with Crippen molar-refractivity contribution in [2.45, 2.75) is 23.9 Å². The maximum absolute atomic E-state index is 12.7. The van der Waals surface area contributed by atoms with E-state index in [-0.39, 0.29) is 11.7 Å². The van der Waals surface area contributed by atoms with Crippen LogP contribution < -0.4 is 9.47 Å². The fourth-order valence-corrected chi connectivity index (χ4v) is 3.64. The number of aromatic nitrogens is 4. The molecule has 0 unspecified atom stereocenters. The number of hydrogen-bond acceptors (Lipinski definition) is 7. The predicted molar refractivity (Wildman–Crippen MR) is 97.5 cm³/mol. The van der Waals surface area contributed by atoms with Gasteiger partial charge < -0.3 is 9.47 Å². The highest BCUT2D eigenvalue weighted by Gasteiger charge is 2.29. The number of thioether (sulfide) groups is 1. The van der Waals surface area contributed by atoms with E-state index in [4.69, 9.17) is 9.47 Å². The second kappa shape index (κ2) is 6.60. The number of nitrogens with zero attached hydrogens (tertiary/aromatic N) is 4. The topological polar surface area (TPSA) is 78.6 Å². The van der Waals surface area contributed by atoms with Crippen molar-refractivity contribution in [3.63, 3.8) is 0 Å². The number of ketones is 1. The summed E-state index contributed by atoms with van der Waals surface area (Å²) in [6.45, 7) is 0. The van der Waals surface area contributed by atoms with E-state index in [1.807, 2.05) is 24.5 Å². The van der Waals surface area contributed by atoms with Crippen molar-refractivity contribution in [2.75, 3.05) is 20.5 Å². The van der Waals surface area contributed by atoms with E-state index < -0.39 is 0 Å². The van der Waals surface area contributed by atoms with Crippen molar-refractivity contribution >= 4 is 23.3 Å². The number of carbonyl (C=O) groups excluding carboxylic acids is 1. The fourth-order valence-electron chi connectivity index (χ4n) is 3.29.